The highest BCUT2D eigenvalue weighted by molar-refractivity contribution is 9.10. The maximum Gasteiger partial charge on any atom is 0.410 e. The Kier molecular flexibility index (Phi) is 9.81. The first kappa shape index (κ1) is 28.5. The van der Waals surface area contributed by atoms with E-state index in [4.69, 9.17) is 25.8 Å². The minimum atomic E-state index is -0.486. The lowest BCUT2D eigenvalue weighted by atomic mass is 10.1. The molecule has 36 heavy (non-hydrogen) atoms. The number of ether oxygens (including phenoxy) is 3. The van der Waals surface area contributed by atoms with Gasteiger partial charge in [-0.05, 0) is 51.2 Å². The molecular formula is C28H38BrClN2O4. The number of halogens is 2. The minimum absolute atomic E-state index is 0.235. The van der Waals surface area contributed by atoms with Gasteiger partial charge in [0.05, 0.1) is 6.61 Å². The van der Waals surface area contributed by atoms with Gasteiger partial charge in [0, 0.05) is 65.6 Å². The second-order valence-corrected chi connectivity index (χ2v) is 12.1. The van der Waals surface area contributed by atoms with Crippen molar-refractivity contribution in [2.24, 2.45) is 11.8 Å². The maximum absolute atomic E-state index is 12.5. The average molecular weight is 582 g/mol. The summed E-state index contributed by atoms with van der Waals surface area (Å²) in [6.45, 7) is 13.2. The molecule has 198 valence electrons. The van der Waals surface area contributed by atoms with E-state index in [9.17, 15) is 4.79 Å². The molecule has 0 N–H and O–H groups in total. The molecule has 1 aliphatic rings. The Balaban J connectivity index is 1.69. The number of amides is 1. The number of rotatable bonds is 9. The molecule has 2 aromatic carbocycles. The summed E-state index contributed by atoms with van der Waals surface area (Å²) in [6.07, 6.45) is 0.710. The summed E-state index contributed by atoms with van der Waals surface area (Å²) in [4.78, 5) is 16.5. The van der Waals surface area contributed by atoms with Crippen LogP contribution in [0.1, 0.15) is 46.6 Å². The van der Waals surface area contributed by atoms with E-state index in [-0.39, 0.29) is 6.09 Å². The summed E-state index contributed by atoms with van der Waals surface area (Å²) in [5.41, 5.74) is 1.54. The predicted octanol–water partition coefficient (Wildman–Crippen LogP) is 7.41. The Hall–Kier alpha value is -2.12. The molecule has 0 aromatic heterocycles. The molecule has 1 aliphatic heterocycles. The lowest BCUT2D eigenvalue weighted by molar-refractivity contribution is 0.0288. The van der Waals surface area contributed by atoms with Crippen molar-refractivity contribution in [3.05, 3.63) is 51.5 Å². The van der Waals surface area contributed by atoms with E-state index in [1.807, 2.05) is 62.1 Å². The SMILES string of the molecule is CC(C)COc1cc(OCc2ccc(Cl)cc2Br)cc(N(C)CC2CCN(C(=O)OC(C)(C)C)C2)c1. The molecule has 3 rings (SSSR count). The van der Waals surface area contributed by atoms with Gasteiger partial charge in [0.2, 0.25) is 0 Å². The molecule has 0 spiro atoms. The number of likely N-dealkylation sites (tertiary alicyclic amines) is 1. The average Bonchev–Trinajstić information content (AvgIpc) is 3.24. The molecule has 1 saturated heterocycles. The van der Waals surface area contributed by atoms with Gasteiger partial charge in [0.15, 0.2) is 0 Å². The van der Waals surface area contributed by atoms with E-state index in [0.717, 1.165) is 46.7 Å². The summed E-state index contributed by atoms with van der Waals surface area (Å²) in [6, 6.07) is 11.7. The van der Waals surface area contributed by atoms with Crippen molar-refractivity contribution in [2.75, 3.05) is 38.2 Å². The van der Waals surface area contributed by atoms with Gasteiger partial charge in [-0.25, -0.2) is 4.79 Å². The highest BCUT2D eigenvalue weighted by atomic mass is 79.9. The predicted molar refractivity (Wildman–Crippen MR) is 149 cm³/mol. The van der Waals surface area contributed by atoms with E-state index in [1.54, 1.807) is 0 Å². The van der Waals surface area contributed by atoms with Crippen LogP contribution in [0.15, 0.2) is 40.9 Å². The number of benzene rings is 2. The van der Waals surface area contributed by atoms with Crippen LogP contribution in [0.5, 0.6) is 11.5 Å². The topological polar surface area (TPSA) is 51.2 Å². The molecule has 1 amide bonds. The van der Waals surface area contributed by atoms with Gasteiger partial charge in [0.25, 0.3) is 0 Å². The van der Waals surface area contributed by atoms with Crippen molar-refractivity contribution in [1.29, 1.82) is 0 Å². The highest BCUT2D eigenvalue weighted by Gasteiger charge is 2.30. The smallest absolute Gasteiger partial charge is 0.410 e. The molecular weight excluding hydrogens is 544 g/mol. The van der Waals surface area contributed by atoms with Crippen molar-refractivity contribution in [3.63, 3.8) is 0 Å². The quantitative estimate of drug-likeness (QED) is 0.309. The molecule has 1 fully saturated rings. The van der Waals surface area contributed by atoms with Crippen LogP contribution in [0.3, 0.4) is 0 Å². The van der Waals surface area contributed by atoms with Crippen molar-refractivity contribution >= 4 is 39.3 Å². The van der Waals surface area contributed by atoms with Gasteiger partial charge in [-0.2, -0.15) is 0 Å². The van der Waals surface area contributed by atoms with Crippen molar-refractivity contribution in [1.82, 2.24) is 4.90 Å². The Morgan fingerprint density at radius 3 is 2.50 bits per heavy atom. The normalized spacial score (nSPS) is 15.8. The summed E-state index contributed by atoms with van der Waals surface area (Å²) in [5.74, 6) is 2.29. The van der Waals surface area contributed by atoms with E-state index in [1.165, 1.54) is 0 Å². The number of nitrogens with zero attached hydrogens (tertiary/aromatic N) is 2. The first-order valence-electron chi connectivity index (χ1n) is 12.4. The van der Waals surface area contributed by atoms with Gasteiger partial charge in [-0.15, -0.1) is 0 Å². The van der Waals surface area contributed by atoms with Crippen LogP contribution < -0.4 is 14.4 Å². The Bertz CT molecular complexity index is 1040. The van der Waals surface area contributed by atoms with Crippen LogP contribution in [-0.4, -0.2) is 49.9 Å². The third kappa shape index (κ3) is 8.77. The molecule has 1 heterocycles. The van der Waals surface area contributed by atoms with E-state index >= 15 is 0 Å². The van der Waals surface area contributed by atoms with Crippen LogP contribution in [0.25, 0.3) is 0 Å². The first-order valence-corrected chi connectivity index (χ1v) is 13.6. The lowest BCUT2D eigenvalue weighted by Crippen LogP contribution is -2.36. The maximum atomic E-state index is 12.5. The Morgan fingerprint density at radius 2 is 1.86 bits per heavy atom. The fourth-order valence-electron chi connectivity index (χ4n) is 3.97. The van der Waals surface area contributed by atoms with Gasteiger partial charge < -0.3 is 24.0 Å². The molecule has 8 heteroatoms. The number of hydrogen-bond acceptors (Lipinski definition) is 5. The van der Waals surface area contributed by atoms with E-state index < -0.39 is 5.60 Å². The van der Waals surface area contributed by atoms with E-state index in [0.29, 0.717) is 36.6 Å². The molecule has 2 aromatic rings. The fourth-order valence-corrected chi connectivity index (χ4v) is 4.77. The highest BCUT2D eigenvalue weighted by Crippen LogP contribution is 2.31. The third-order valence-corrected chi connectivity index (χ3v) is 6.74. The second-order valence-electron chi connectivity index (χ2n) is 10.9. The zero-order valence-corrected chi connectivity index (χ0v) is 24.5. The summed E-state index contributed by atoms with van der Waals surface area (Å²) < 4.78 is 18.7. The zero-order valence-electron chi connectivity index (χ0n) is 22.1. The number of hydrogen-bond donors (Lipinski definition) is 0. The van der Waals surface area contributed by atoms with Crippen LogP contribution in [0, 0.1) is 11.8 Å². The van der Waals surface area contributed by atoms with Crippen molar-refractivity contribution in [3.8, 4) is 11.5 Å². The van der Waals surface area contributed by atoms with Gasteiger partial charge in [0.1, 0.15) is 23.7 Å². The largest absolute Gasteiger partial charge is 0.493 e. The summed E-state index contributed by atoms with van der Waals surface area (Å²) in [5, 5.41) is 0.677. The number of carbonyl (C=O) groups is 1. The first-order chi connectivity index (χ1) is 16.9. The molecule has 1 unspecified atom stereocenters. The Morgan fingerprint density at radius 1 is 1.17 bits per heavy atom. The van der Waals surface area contributed by atoms with Crippen LogP contribution in [0.2, 0.25) is 5.02 Å². The van der Waals surface area contributed by atoms with Crippen LogP contribution in [0.4, 0.5) is 10.5 Å². The molecule has 1 atom stereocenters. The standard InChI is InChI=1S/C28H38BrClN2O4/c1-19(2)17-34-24-12-23(13-25(14-24)35-18-21-7-8-22(30)11-26(21)29)31(6)15-20-9-10-32(16-20)27(33)36-28(3,4)5/h7-8,11-14,19-20H,9-10,15-18H2,1-6H3. The zero-order chi connectivity index (χ0) is 26.5. The summed E-state index contributed by atoms with van der Waals surface area (Å²) >= 11 is 9.63. The monoisotopic (exact) mass is 580 g/mol. The Labute approximate surface area is 229 Å². The lowest BCUT2D eigenvalue weighted by Gasteiger charge is -2.26. The van der Waals surface area contributed by atoms with Gasteiger partial charge in [-0.1, -0.05) is 47.4 Å². The molecule has 6 nitrogen and oxygen atoms in total. The minimum Gasteiger partial charge on any atom is -0.493 e. The second kappa shape index (κ2) is 12.4. The summed E-state index contributed by atoms with van der Waals surface area (Å²) in [7, 11) is 2.07. The van der Waals surface area contributed by atoms with Crippen LogP contribution in [-0.2, 0) is 11.3 Å². The molecule has 0 saturated carbocycles. The molecule has 0 bridgehead atoms. The van der Waals surface area contributed by atoms with Crippen molar-refractivity contribution < 1.29 is 19.0 Å². The van der Waals surface area contributed by atoms with Gasteiger partial charge >= 0.3 is 6.09 Å². The third-order valence-electron chi connectivity index (χ3n) is 5.77. The van der Waals surface area contributed by atoms with Crippen LogP contribution >= 0.6 is 27.5 Å². The van der Waals surface area contributed by atoms with Crippen molar-refractivity contribution in [2.45, 2.75) is 53.2 Å². The number of carbonyl (C=O) groups excluding carboxylic acids is 1. The molecule has 0 radical (unpaired) electrons. The molecule has 0 aliphatic carbocycles. The van der Waals surface area contributed by atoms with E-state index in [2.05, 4.69) is 41.7 Å². The fraction of sp³-hybridized carbons (Fsp3) is 0.536. The number of anilines is 1. The van der Waals surface area contributed by atoms with Gasteiger partial charge in [-0.3, -0.25) is 0 Å².